The Bertz CT molecular complexity index is 781. The zero-order chi connectivity index (χ0) is 18.4. The van der Waals surface area contributed by atoms with Crippen molar-refractivity contribution in [2.75, 3.05) is 12.4 Å². The Morgan fingerprint density at radius 1 is 1.24 bits per heavy atom. The molecule has 0 aliphatic heterocycles. The van der Waals surface area contributed by atoms with Gasteiger partial charge in [0.15, 0.2) is 6.10 Å². The number of hydrogen-bond acceptors (Lipinski definition) is 4. The lowest BCUT2D eigenvalue weighted by Gasteiger charge is -2.15. The van der Waals surface area contributed by atoms with Gasteiger partial charge in [0.2, 0.25) is 0 Å². The maximum Gasteiger partial charge on any atom is 0.311 e. The lowest BCUT2D eigenvalue weighted by atomic mass is 10.1. The van der Waals surface area contributed by atoms with E-state index in [-0.39, 0.29) is 6.42 Å². The molecule has 0 heterocycles. The normalized spacial score (nSPS) is 11.5. The minimum Gasteiger partial charge on any atom is -0.495 e. The molecule has 0 aliphatic carbocycles. The standard InChI is InChI=1S/C18H17ClFNO4/c1-11(25-17(22)9-12-4-3-5-14(20)8-12)18(23)21-15-10-13(19)6-7-16(15)24-2/h3-8,10-11H,9H2,1-2H3,(H,21,23). The number of hydrogen-bond donors (Lipinski definition) is 1. The number of benzene rings is 2. The first-order valence-corrected chi connectivity index (χ1v) is 7.85. The average Bonchev–Trinajstić information content (AvgIpc) is 2.54. The fourth-order valence-corrected chi connectivity index (χ4v) is 2.29. The summed E-state index contributed by atoms with van der Waals surface area (Å²) in [4.78, 5) is 24.1. The van der Waals surface area contributed by atoms with Crippen molar-refractivity contribution in [3.63, 3.8) is 0 Å². The molecule has 2 rings (SSSR count). The van der Waals surface area contributed by atoms with Crippen LogP contribution in [0.4, 0.5) is 10.1 Å². The van der Waals surface area contributed by atoms with Crippen LogP contribution in [-0.2, 0) is 20.7 Å². The van der Waals surface area contributed by atoms with Crippen LogP contribution in [-0.4, -0.2) is 25.1 Å². The van der Waals surface area contributed by atoms with Gasteiger partial charge in [0, 0.05) is 5.02 Å². The van der Waals surface area contributed by atoms with Crippen LogP contribution >= 0.6 is 11.6 Å². The van der Waals surface area contributed by atoms with Gasteiger partial charge in [0.05, 0.1) is 19.2 Å². The number of carbonyl (C=O) groups is 2. The highest BCUT2D eigenvalue weighted by molar-refractivity contribution is 6.31. The molecular weight excluding hydrogens is 349 g/mol. The van der Waals surface area contributed by atoms with Crippen LogP contribution in [0.15, 0.2) is 42.5 Å². The zero-order valence-corrected chi connectivity index (χ0v) is 14.5. The monoisotopic (exact) mass is 365 g/mol. The molecule has 1 N–H and O–H groups in total. The van der Waals surface area contributed by atoms with Crippen LogP contribution in [0.3, 0.4) is 0 Å². The van der Waals surface area contributed by atoms with E-state index in [1.54, 1.807) is 18.2 Å². The molecule has 1 amide bonds. The predicted molar refractivity (Wildman–Crippen MR) is 92.3 cm³/mol. The molecular formula is C18H17ClFNO4. The number of amides is 1. The molecule has 1 unspecified atom stereocenters. The number of rotatable bonds is 6. The van der Waals surface area contributed by atoms with Crippen molar-refractivity contribution in [2.24, 2.45) is 0 Å². The lowest BCUT2D eigenvalue weighted by molar-refractivity contribution is -0.152. The first kappa shape index (κ1) is 18.7. The minimum atomic E-state index is -1.04. The zero-order valence-electron chi connectivity index (χ0n) is 13.7. The Kier molecular flexibility index (Phi) is 6.36. The number of anilines is 1. The molecule has 5 nitrogen and oxygen atoms in total. The van der Waals surface area contributed by atoms with E-state index >= 15 is 0 Å². The van der Waals surface area contributed by atoms with Crippen molar-refractivity contribution in [2.45, 2.75) is 19.4 Å². The van der Waals surface area contributed by atoms with E-state index in [0.717, 1.165) is 0 Å². The second-order valence-corrected chi connectivity index (χ2v) is 5.71. The summed E-state index contributed by atoms with van der Waals surface area (Å²) < 4.78 is 23.3. The van der Waals surface area contributed by atoms with Gasteiger partial charge in [-0.2, -0.15) is 0 Å². The van der Waals surface area contributed by atoms with Crippen molar-refractivity contribution >= 4 is 29.2 Å². The largest absolute Gasteiger partial charge is 0.495 e. The fourth-order valence-electron chi connectivity index (χ4n) is 2.12. The molecule has 0 saturated carbocycles. The summed E-state index contributed by atoms with van der Waals surface area (Å²) >= 11 is 5.90. The highest BCUT2D eigenvalue weighted by atomic mass is 35.5. The molecule has 25 heavy (non-hydrogen) atoms. The molecule has 0 aliphatic rings. The molecule has 132 valence electrons. The molecule has 0 radical (unpaired) electrons. The van der Waals surface area contributed by atoms with E-state index in [1.807, 2.05) is 0 Å². The summed E-state index contributed by atoms with van der Waals surface area (Å²) in [6.45, 7) is 1.44. The van der Waals surface area contributed by atoms with E-state index in [2.05, 4.69) is 5.32 Å². The third-order valence-electron chi connectivity index (χ3n) is 3.33. The number of methoxy groups -OCH3 is 1. The molecule has 0 fully saturated rings. The Morgan fingerprint density at radius 2 is 2.00 bits per heavy atom. The topological polar surface area (TPSA) is 64.6 Å². The van der Waals surface area contributed by atoms with Gasteiger partial charge in [0.1, 0.15) is 11.6 Å². The molecule has 0 saturated heterocycles. The highest BCUT2D eigenvalue weighted by Crippen LogP contribution is 2.27. The van der Waals surface area contributed by atoms with Crippen molar-refractivity contribution in [1.82, 2.24) is 0 Å². The van der Waals surface area contributed by atoms with E-state index in [1.165, 1.54) is 38.3 Å². The smallest absolute Gasteiger partial charge is 0.311 e. The first-order chi connectivity index (χ1) is 11.9. The molecule has 1 atom stereocenters. The Balaban J connectivity index is 1.96. The minimum absolute atomic E-state index is 0.129. The Labute approximate surface area is 149 Å². The summed E-state index contributed by atoms with van der Waals surface area (Å²) in [5, 5.41) is 3.02. The van der Waals surface area contributed by atoms with Crippen LogP contribution in [0, 0.1) is 5.82 Å². The van der Waals surface area contributed by atoms with Gasteiger partial charge < -0.3 is 14.8 Å². The molecule has 0 spiro atoms. The first-order valence-electron chi connectivity index (χ1n) is 7.47. The van der Waals surface area contributed by atoms with Crippen LogP contribution < -0.4 is 10.1 Å². The van der Waals surface area contributed by atoms with Gasteiger partial charge >= 0.3 is 5.97 Å². The quantitative estimate of drug-likeness (QED) is 0.794. The van der Waals surface area contributed by atoms with Crippen molar-refractivity contribution in [3.05, 3.63) is 58.9 Å². The molecule has 2 aromatic carbocycles. The molecule has 0 aromatic heterocycles. The lowest BCUT2D eigenvalue weighted by Crippen LogP contribution is -2.30. The van der Waals surface area contributed by atoms with E-state index < -0.39 is 23.8 Å². The molecule has 7 heteroatoms. The van der Waals surface area contributed by atoms with Crippen molar-refractivity contribution < 1.29 is 23.5 Å². The van der Waals surface area contributed by atoms with Gasteiger partial charge in [-0.25, -0.2) is 4.39 Å². The summed E-state index contributed by atoms with van der Waals surface area (Å²) in [6.07, 6.45) is -1.17. The maximum atomic E-state index is 13.1. The predicted octanol–water partition coefficient (Wildman–Crippen LogP) is 3.60. The van der Waals surface area contributed by atoms with Gasteiger partial charge in [-0.3, -0.25) is 9.59 Å². The van der Waals surface area contributed by atoms with E-state index in [9.17, 15) is 14.0 Å². The summed E-state index contributed by atoms with van der Waals surface area (Å²) in [6, 6.07) is 10.4. The van der Waals surface area contributed by atoms with Crippen molar-refractivity contribution in [3.8, 4) is 5.75 Å². The number of esters is 1. The third kappa shape index (κ3) is 5.46. The van der Waals surface area contributed by atoms with E-state index in [4.69, 9.17) is 21.1 Å². The Morgan fingerprint density at radius 3 is 2.68 bits per heavy atom. The third-order valence-corrected chi connectivity index (χ3v) is 3.57. The summed E-state index contributed by atoms with van der Waals surface area (Å²) in [7, 11) is 1.46. The van der Waals surface area contributed by atoms with E-state index in [0.29, 0.717) is 22.0 Å². The van der Waals surface area contributed by atoms with Crippen molar-refractivity contribution in [1.29, 1.82) is 0 Å². The second-order valence-electron chi connectivity index (χ2n) is 5.27. The highest BCUT2D eigenvalue weighted by Gasteiger charge is 2.19. The van der Waals surface area contributed by atoms with Crippen LogP contribution in [0.2, 0.25) is 5.02 Å². The van der Waals surface area contributed by atoms with Crippen LogP contribution in [0.25, 0.3) is 0 Å². The van der Waals surface area contributed by atoms with Crippen LogP contribution in [0.5, 0.6) is 5.75 Å². The number of carbonyl (C=O) groups excluding carboxylic acids is 2. The number of ether oxygens (including phenoxy) is 2. The average molecular weight is 366 g/mol. The summed E-state index contributed by atoms with van der Waals surface area (Å²) in [5.41, 5.74) is 0.835. The summed E-state index contributed by atoms with van der Waals surface area (Å²) in [5.74, 6) is -1.18. The second kappa shape index (κ2) is 8.48. The van der Waals surface area contributed by atoms with Gasteiger partial charge in [-0.15, -0.1) is 0 Å². The number of halogens is 2. The molecule has 0 bridgehead atoms. The van der Waals surface area contributed by atoms with Gasteiger partial charge in [-0.05, 0) is 42.8 Å². The number of nitrogens with one attached hydrogen (secondary N) is 1. The van der Waals surface area contributed by atoms with Gasteiger partial charge in [0.25, 0.3) is 5.91 Å². The fraction of sp³-hybridized carbons (Fsp3) is 0.222. The SMILES string of the molecule is COc1ccc(Cl)cc1NC(=O)C(C)OC(=O)Cc1cccc(F)c1. The van der Waals surface area contributed by atoms with Gasteiger partial charge in [-0.1, -0.05) is 23.7 Å². The maximum absolute atomic E-state index is 13.1. The molecule has 2 aromatic rings. The van der Waals surface area contributed by atoms with Crippen LogP contribution in [0.1, 0.15) is 12.5 Å². The Hall–Kier alpha value is -2.60.